The molecule has 0 fully saturated rings. The van der Waals surface area contributed by atoms with Gasteiger partial charge < -0.3 is 0 Å². The van der Waals surface area contributed by atoms with Crippen LogP contribution in [-0.2, 0) is 0 Å². The van der Waals surface area contributed by atoms with Gasteiger partial charge >= 0.3 is 0 Å². The van der Waals surface area contributed by atoms with Crippen molar-refractivity contribution < 1.29 is 0 Å². The summed E-state index contributed by atoms with van der Waals surface area (Å²) in [5.41, 5.74) is 3.54. The van der Waals surface area contributed by atoms with E-state index in [1.54, 1.807) is 0 Å². The Hall–Kier alpha value is -1.09. The monoisotopic (exact) mass is 236 g/mol. The highest BCUT2D eigenvalue weighted by Gasteiger charge is 2.03. The van der Waals surface area contributed by atoms with Crippen LogP contribution in [0.4, 0.5) is 0 Å². The van der Waals surface area contributed by atoms with E-state index in [2.05, 4.69) is 57.3 Å². The standard InChI is InChI=1S/C10H9BrN2/c1-7-2-4-8(5-3-7)9-6-12-13-10(9)11/h2-6H,1H3,(H,12,13). The van der Waals surface area contributed by atoms with Gasteiger partial charge in [-0.3, -0.25) is 5.10 Å². The summed E-state index contributed by atoms with van der Waals surface area (Å²) in [6.07, 6.45) is 1.81. The average Bonchev–Trinajstić information content (AvgIpc) is 2.53. The first-order valence-electron chi connectivity index (χ1n) is 4.03. The zero-order chi connectivity index (χ0) is 9.26. The van der Waals surface area contributed by atoms with Crippen molar-refractivity contribution in [2.75, 3.05) is 0 Å². The number of aromatic amines is 1. The van der Waals surface area contributed by atoms with Gasteiger partial charge in [-0.05, 0) is 28.4 Å². The van der Waals surface area contributed by atoms with Gasteiger partial charge in [-0.15, -0.1) is 0 Å². The lowest BCUT2D eigenvalue weighted by Crippen LogP contribution is -1.76. The predicted octanol–water partition coefficient (Wildman–Crippen LogP) is 3.15. The topological polar surface area (TPSA) is 28.7 Å². The summed E-state index contributed by atoms with van der Waals surface area (Å²) < 4.78 is 0.927. The fourth-order valence-corrected chi connectivity index (χ4v) is 1.64. The van der Waals surface area contributed by atoms with Crippen LogP contribution < -0.4 is 0 Å². The van der Waals surface area contributed by atoms with Gasteiger partial charge in [-0.1, -0.05) is 29.8 Å². The van der Waals surface area contributed by atoms with E-state index in [1.807, 2.05) is 6.20 Å². The molecule has 1 N–H and O–H groups in total. The molecule has 0 bridgehead atoms. The Morgan fingerprint density at radius 1 is 1.23 bits per heavy atom. The van der Waals surface area contributed by atoms with E-state index >= 15 is 0 Å². The largest absolute Gasteiger partial charge is 0.271 e. The SMILES string of the molecule is Cc1ccc(-c2cn[nH]c2Br)cc1. The Labute approximate surface area is 85.1 Å². The van der Waals surface area contributed by atoms with Crippen LogP contribution in [0.25, 0.3) is 11.1 Å². The summed E-state index contributed by atoms with van der Waals surface area (Å²) in [4.78, 5) is 0. The second-order valence-electron chi connectivity index (χ2n) is 2.96. The molecule has 1 aromatic heterocycles. The number of rotatable bonds is 1. The molecular formula is C10H9BrN2. The van der Waals surface area contributed by atoms with Crippen molar-refractivity contribution in [3.05, 3.63) is 40.6 Å². The highest BCUT2D eigenvalue weighted by atomic mass is 79.9. The Balaban J connectivity index is 2.47. The molecule has 3 heteroatoms. The van der Waals surface area contributed by atoms with Gasteiger partial charge in [0.25, 0.3) is 0 Å². The van der Waals surface area contributed by atoms with Crippen molar-refractivity contribution in [2.24, 2.45) is 0 Å². The van der Waals surface area contributed by atoms with Crippen molar-refractivity contribution in [3.63, 3.8) is 0 Å². The summed E-state index contributed by atoms with van der Waals surface area (Å²) in [5.74, 6) is 0. The van der Waals surface area contributed by atoms with E-state index in [-0.39, 0.29) is 0 Å². The first-order valence-corrected chi connectivity index (χ1v) is 4.82. The van der Waals surface area contributed by atoms with Crippen molar-refractivity contribution >= 4 is 15.9 Å². The van der Waals surface area contributed by atoms with Gasteiger partial charge in [0.1, 0.15) is 4.60 Å². The van der Waals surface area contributed by atoms with Crippen LogP contribution >= 0.6 is 15.9 Å². The number of H-pyrrole nitrogens is 1. The molecule has 0 atom stereocenters. The molecule has 1 heterocycles. The van der Waals surface area contributed by atoms with Gasteiger partial charge in [-0.25, -0.2) is 0 Å². The number of hydrogen-bond donors (Lipinski definition) is 1. The van der Waals surface area contributed by atoms with Crippen LogP contribution in [0.5, 0.6) is 0 Å². The lowest BCUT2D eigenvalue weighted by atomic mass is 10.1. The van der Waals surface area contributed by atoms with Crippen LogP contribution in [0.15, 0.2) is 35.1 Å². The Bertz CT molecular complexity index is 403. The van der Waals surface area contributed by atoms with Gasteiger partial charge in [0.05, 0.1) is 6.20 Å². The maximum atomic E-state index is 3.95. The van der Waals surface area contributed by atoms with E-state index in [0.29, 0.717) is 0 Å². The highest BCUT2D eigenvalue weighted by Crippen LogP contribution is 2.25. The molecule has 0 radical (unpaired) electrons. The maximum Gasteiger partial charge on any atom is 0.108 e. The third-order valence-electron chi connectivity index (χ3n) is 1.96. The molecule has 66 valence electrons. The highest BCUT2D eigenvalue weighted by molar-refractivity contribution is 9.10. The first-order chi connectivity index (χ1) is 6.27. The minimum Gasteiger partial charge on any atom is -0.271 e. The number of nitrogens with zero attached hydrogens (tertiary/aromatic N) is 1. The minimum absolute atomic E-state index is 0.927. The van der Waals surface area contributed by atoms with Crippen molar-refractivity contribution in [1.29, 1.82) is 0 Å². The second-order valence-corrected chi connectivity index (χ2v) is 3.76. The number of halogens is 1. The van der Waals surface area contributed by atoms with Gasteiger partial charge in [0.2, 0.25) is 0 Å². The first kappa shape index (κ1) is 8.51. The maximum absolute atomic E-state index is 3.95. The Morgan fingerprint density at radius 3 is 2.46 bits per heavy atom. The Morgan fingerprint density at radius 2 is 1.92 bits per heavy atom. The smallest absolute Gasteiger partial charge is 0.108 e. The van der Waals surface area contributed by atoms with E-state index in [9.17, 15) is 0 Å². The molecule has 0 saturated heterocycles. The molecule has 0 aliphatic rings. The molecule has 0 unspecified atom stereocenters. The van der Waals surface area contributed by atoms with E-state index in [1.165, 1.54) is 11.1 Å². The molecule has 0 aliphatic carbocycles. The number of nitrogens with one attached hydrogen (secondary N) is 1. The molecule has 2 aromatic rings. The predicted molar refractivity (Wildman–Crippen MR) is 56.5 cm³/mol. The van der Waals surface area contributed by atoms with E-state index < -0.39 is 0 Å². The van der Waals surface area contributed by atoms with Crippen LogP contribution in [0, 0.1) is 6.92 Å². The summed E-state index contributed by atoms with van der Waals surface area (Å²) in [5, 5.41) is 6.80. The quantitative estimate of drug-likeness (QED) is 0.810. The van der Waals surface area contributed by atoms with Crippen LogP contribution in [0.3, 0.4) is 0 Å². The fraction of sp³-hybridized carbons (Fsp3) is 0.100. The molecule has 1 aromatic carbocycles. The number of hydrogen-bond acceptors (Lipinski definition) is 1. The van der Waals surface area contributed by atoms with Gasteiger partial charge in [0.15, 0.2) is 0 Å². The lowest BCUT2D eigenvalue weighted by molar-refractivity contribution is 1.07. The second kappa shape index (κ2) is 3.34. The van der Waals surface area contributed by atoms with E-state index in [4.69, 9.17) is 0 Å². The summed E-state index contributed by atoms with van der Waals surface area (Å²) in [6, 6.07) is 8.36. The van der Waals surface area contributed by atoms with E-state index in [0.717, 1.165) is 10.2 Å². The molecule has 0 aliphatic heterocycles. The Kier molecular flexibility index (Phi) is 2.19. The minimum atomic E-state index is 0.927. The number of aromatic nitrogens is 2. The zero-order valence-corrected chi connectivity index (χ0v) is 8.80. The summed E-state index contributed by atoms with van der Waals surface area (Å²) in [7, 11) is 0. The van der Waals surface area contributed by atoms with Crippen molar-refractivity contribution in [1.82, 2.24) is 10.2 Å². The van der Waals surface area contributed by atoms with Crippen LogP contribution in [0.2, 0.25) is 0 Å². The third-order valence-corrected chi connectivity index (χ3v) is 2.56. The number of aryl methyl sites for hydroxylation is 1. The molecule has 2 rings (SSSR count). The van der Waals surface area contributed by atoms with Crippen LogP contribution in [0.1, 0.15) is 5.56 Å². The molecule has 0 saturated carbocycles. The fourth-order valence-electron chi connectivity index (χ4n) is 1.20. The molecule has 2 nitrogen and oxygen atoms in total. The molecular weight excluding hydrogens is 228 g/mol. The summed E-state index contributed by atoms with van der Waals surface area (Å²) >= 11 is 3.40. The lowest BCUT2D eigenvalue weighted by Gasteiger charge is -1.98. The normalized spacial score (nSPS) is 10.3. The molecule has 0 amide bonds. The summed E-state index contributed by atoms with van der Waals surface area (Å²) in [6.45, 7) is 2.08. The van der Waals surface area contributed by atoms with Gasteiger partial charge in [-0.2, -0.15) is 5.10 Å². The van der Waals surface area contributed by atoms with Crippen molar-refractivity contribution in [2.45, 2.75) is 6.92 Å². The van der Waals surface area contributed by atoms with Gasteiger partial charge in [0, 0.05) is 5.56 Å². The average molecular weight is 237 g/mol. The zero-order valence-electron chi connectivity index (χ0n) is 7.21. The third kappa shape index (κ3) is 1.65. The molecule has 13 heavy (non-hydrogen) atoms. The van der Waals surface area contributed by atoms with Crippen molar-refractivity contribution in [3.8, 4) is 11.1 Å². The number of benzene rings is 1. The van der Waals surface area contributed by atoms with Crippen LogP contribution in [-0.4, -0.2) is 10.2 Å². The molecule has 0 spiro atoms.